The highest BCUT2D eigenvalue weighted by atomic mass is 16.3. The van der Waals surface area contributed by atoms with E-state index in [9.17, 15) is 0 Å². The molecule has 0 saturated heterocycles. The zero-order chi connectivity index (χ0) is 12.4. The summed E-state index contributed by atoms with van der Waals surface area (Å²) in [5.74, 6) is 2.91. The van der Waals surface area contributed by atoms with Gasteiger partial charge in [0.2, 0.25) is 0 Å². The van der Waals surface area contributed by atoms with E-state index in [4.69, 9.17) is 10.2 Å². The Kier molecular flexibility index (Phi) is 3.22. The number of furan rings is 1. The largest absolute Gasteiger partial charge is 0.459 e. The lowest BCUT2D eigenvalue weighted by molar-refractivity contribution is 0.526. The number of nitrogens with zero attached hydrogens (tertiary/aromatic N) is 1. The molecule has 0 bridgehead atoms. The van der Waals surface area contributed by atoms with Crippen LogP contribution < -0.4 is 5.73 Å². The number of aromatic amines is 1. The number of nitrogens with two attached hydrogens (primary N) is 1. The van der Waals surface area contributed by atoms with E-state index in [1.165, 1.54) is 0 Å². The molecule has 2 rings (SSSR count). The van der Waals surface area contributed by atoms with Crippen LogP contribution in [0.5, 0.6) is 0 Å². The monoisotopic (exact) mass is 233 g/mol. The SMILES string of the molecule is CCc1ccc(-c2[nH]nc(N)c2CC(C)C)o1. The van der Waals surface area contributed by atoms with E-state index in [-0.39, 0.29) is 0 Å². The van der Waals surface area contributed by atoms with Gasteiger partial charge >= 0.3 is 0 Å². The van der Waals surface area contributed by atoms with Crippen molar-refractivity contribution < 1.29 is 4.42 Å². The van der Waals surface area contributed by atoms with Gasteiger partial charge in [-0.05, 0) is 24.5 Å². The Balaban J connectivity index is 2.37. The highest BCUT2D eigenvalue weighted by molar-refractivity contribution is 5.64. The molecule has 0 unspecified atom stereocenters. The number of hydrogen-bond donors (Lipinski definition) is 2. The number of nitrogens with one attached hydrogen (secondary N) is 1. The van der Waals surface area contributed by atoms with Gasteiger partial charge in [0.15, 0.2) is 5.76 Å². The fourth-order valence-corrected chi connectivity index (χ4v) is 1.90. The molecule has 92 valence electrons. The normalized spacial score (nSPS) is 11.3. The third kappa shape index (κ3) is 2.35. The molecule has 0 amide bonds. The number of anilines is 1. The van der Waals surface area contributed by atoms with Crippen molar-refractivity contribution in [2.24, 2.45) is 5.92 Å². The molecule has 0 aliphatic rings. The Morgan fingerprint density at radius 2 is 2.18 bits per heavy atom. The Hall–Kier alpha value is -1.71. The zero-order valence-electron chi connectivity index (χ0n) is 10.6. The fraction of sp³-hybridized carbons (Fsp3) is 0.462. The molecule has 0 saturated carbocycles. The molecule has 0 aliphatic heterocycles. The lowest BCUT2D eigenvalue weighted by Gasteiger charge is -2.05. The summed E-state index contributed by atoms with van der Waals surface area (Å²) in [6.07, 6.45) is 1.79. The number of aryl methyl sites for hydroxylation is 1. The number of hydrogen-bond acceptors (Lipinski definition) is 3. The first kappa shape index (κ1) is 11.8. The van der Waals surface area contributed by atoms with E-state index in [1.807, 2.05) is 12.1 Å². The first-order chi connectivity index (χ1) is 8.11. The summed E-state index contributed by atoms with van der Waals surface area (Å²) in [5, 5.41) is 7.04. The van der Waals surface area contributed by atoms with Crippen LogP contribution in [0.1, 0.15) is 32.1 Å². The van der Waals surface area contributed by atoms with Crippen LogP contribution in [0, 0.1) is 5.92 Å². The maximum atomic E-state index is 5.88. The Morgan fingerprint density at radius 1 is 1.41 bits per heavy atom. The highest BCUT2D eigenvalue weighted by Crippen LogP contribution is 2.29. The van der Waals surface area contributed by atoms with E-state index < -0.39 is 0 Å². The van der Waals surface area contributed by atoms with Crippen molar-refractivity contribution in [3.05, 3.63) is 23.5 Å². The van der Waals surface area contributed by atoms with Gasteiger partial charge in [0, 0.05) is 12.0 Å². The summed E-state index contributed by atoms with van der Waals surface area (Å²) in [4.78, 5) is 0. The first-order valence-electron chi connectivity index (χ1n) is 6.03. The van der Waals surface area contributed by atoms with Crippen LogP contribution in [0.15, 0.2) is 16.5 Å². The van der Waals surface area contributed by atoms with E-state index in [1.54, 1.807) is 0 Å². The first-order valence-corrected chi connectivity index (χ1v) is 6.03. The lowest BCUT2D eigenvalue weighted by Crippen LogP contribution is -1.98. The van der Waals surface area contributed by atoms with Gasteiger partial charge in [-0.1, -0.05) is 20.8 Å². The quantitative estimate of drug-likeness (QED) is 0.853. The minimum atomic E-state index is 0.536. The Bertz CT molecular complexity index is 496. The topological polar surface area (TPSA) is 67.8 Å². The molecule has 0 aliphatic carbocycles. The van der Waals surface area contributed by atoms with Crippen LogP contribution in [0.25, 0.3) is 11.5 Å². The van der Waals surface area contributed by atoms with Gasteiger partial charge in [0.1, 0.15) is 17.3 Å². The van der Waals surface area contributed by atoms with Crippen LogP contribution in [0.4, 0.5) is 5.82 Å². The van der Waals surface area contributed by atoms with Crippen LogP contribution in [-0.4, -0.2) is 10.2 Å². The van der Waals surface area contributed by atoms with Gasteiger partial charge in [-0.25, -0.2) is 0 Å². The number of aromatic nitrogens is 2. The van der Waals surface area contributed by atoms with Crippen molar-refractivity contribution in [3.63, 3.8) is 0 Å². The molecule has 0 atom stereocenters. The standard InChI is InChI=1S/C13H19N3O/c1-4-9-5-6-11(17-9)12-10(7-8(2)3)13(14)16-15-12/h5-6,8H,4,7H2,1-3H3,(H3,14,15,16). The molecule has 0 aromatic carbocycles. The Morgan fingerprint density at radius 3 is 2.76 bits per heavy atom. The molecule has 2 aromatic heterocycles. The summed E-state index contributed by atoms with van der Waals surface area (Å²) in [6, 6.07) is 3.96. The van der Waals surface area contributed by atoms with Crippen molar-refractivity contribution >= 4 is 5.82 Å². The molecule has 2 aromatic rings. The van der Waals surface area contributed by atoms with Crippen molar-refractivity contribution in [3.8, 4) is 11.5 Å². The second-order valence-electron chi connectivity index (χ2n) is 4.68. The third-order valence-corrected chi connectivity index (χ3v) is 2.77. The van der Waals surface area contributed by atoms with Crippen molar-refractivity contribution in [2.75, 3.05) is 5.73 Å². The second-order valence-corrected chi connectivity index (χ2v) is 4.68. The summed E-state index contributed by atoms with van der Waals surface area (Å²) in [7, 11) is 0. The average Bonchev–Trinajstić information content (AvgIpc) is 2.86. The predicted molar refractivity (Wildman–Crippen MR) is 68.6 cm³/mol. The molecular formula is C13H19N3O. The minimum Gasteiger partial charge on any atom is -0.459 e. The van der Waals surface area contributed by atoms with Crippen LogP contribution >= 0.6 is 0 Å². The van der Waals surface area contributed by atoms with Crippen LogP contribution in [0.3, 0.4) is 0 Å². The lowest BCUT2D eigenvalue weighted by atomic mass is 10.0. The summed E-state index contributed by atoms with van der Waals surface area (Å²) in [6.45, 7) is 6.39. The van der Waals surface area contributed by atoms with E-state index in [0.29, 0.717) is 11.7 Å². The van der Waals surface area contributed by atoms with Crippen molar-refractivity contribution in [2.45, 2.75) is 33.6 Å². The van der Waals surface area contributed by atoms with Crippen molar-refractivity contribution in [1.29, 1.82) is 0 Å². The van der Waals surface area contributed by atoms with E-state index >= 15 is 0 Å². The molecule has 3 N–H and O–H groups in total. The second kappa shape index (κ2) is 4.65. The molecule has 2 heterocycles. The highest BCUT2D eigenvalue weighted by Gasteiger charge is 2.16. The third-order valence-electron chi connectivity index (χ3n) is 2.77. The summed E-state index contributed by atoms with van der Waals surface area (Å²) < 4.78 is 5.73. The van der Waals surface area contributed by atoms with Gasteiger partial charge in [-0.3, -0.25) is 5.10 Å². The maximum Gasteiger partial charge on any atom is 0.152 e. The summed E-state index contributed by atoms with van der Waals surface area (Å²) >= 11 is 0. The fourth-order valence-electron chi connectivity index (χ4n) is 1.90. The summed E-state index contributed by atoms with van der Waals surface area (Å²) in [5.41, 5.74) is 7.85. The molecule has 4 heteroatoms. The predicted octanol–water partition coefficient (Wildman–Crippen LogP) is 3.01. The maximum absolute atomic E-state index is 5.88. The van der Waals surface area contributed by atoms with Gasteiger partial charge in [-0.15, -0.1) is 0 Å². The van der Waals surface area contributed by atoms with Crippen LogP contribution in [0.2, 0.25) is 0 Å². The molecule has 0 spiro atoms. The number of H-pyrrole nitrogens is 1. The van der Waals surface area contributed by atoms with Gasteiger partial charge in [0.05, 0.1) is 0 Å². The molecule has 4 nitrogen and oxygen atoms in total. The van der Waals surface area contributed by atoms with E-state index in [0.717, 1.165) is 35.6 Å². The molecule has 0 radical (unpaired) electrons. The molecular weight excluding hydrogens is 214 g/mol. The Labute approximate surface area is 101 Å². The molecule has 17 heavy (non-hydrogen) atoms. The number of nitrogen functional groups attached to an aromatic ring is 1. The van der Waals surface area contributed by atoms with E-state index in [2.05, 4.69) is 31.0 Å². The minimum absolute atomic E-state index is 0.536. The smallest absolute Gasteiger partial charge is 0.152 e. The van der Waals surface area contributed by atoms with Crippen molar-refractivity contribution in [1.82, 2.24) is 10.2 Å². The molecule has 0 fully saturated rings. The average molecular weight is 233 g/mol. The number of rotatable bonds is 4. The van der Waals surface area contributed by atoms with Crippen LogP contribution in [-0.2, 0) is 12.8 Å². The van der Waals surface area contributed by atoms with Gasteiger partial charge in [0.25, 0.3) is 0 Å². The van der Waals surface area contributed by atoms with Gasteiger partial charge in [-0.2, -0.15) is 5.10 Å². The zero-order valence-corrected chi connectivity index (χ0v) is 10.6. The van der Waals surface area contributed by atoms with Gasteiger partial charge < -0.3 is 10.2 Å².